The Labute approximate surface area is 163 Å². The highest BCUT2D eigenvalue weighted by Gasteiger charge is 2.27. The molecule has 0 heterocycles. The number of aromatic hydroxyl groups is 2. The van der Waals surface area contributed by atoms with Crippen molar-refractivity contribution in [3.63, 3.8) is 0 Å². The van der Waals surface area contributed by atoms with Crippen molar-refractivity contribution < 1.29 is 38.8 Å². The first kappa shape index (κ1) is 23.1. The van der Waals surface area contributed by atoms with Crippen molar-refractivity contribution in [3.05, 3.63) is 23.8 Å². The summed E-state index contributed by atoms with van der Waals surface area (Å²) in [7, 11) is 0. The van der Waals surface area contributed by atoms with Crippen LogP contribution >= 0.6 is 0 Å². The van der Waals surface area contributed by atoms with E-state index in [0.29, 0.717) is 5.56 Å². The lowest BCUT2D eigenvalue weighted by Crippen LogP contribution is -2.46. The largest absolute Gasteiger partial charge is 0.504 e. The molecule has 0 unspecified atom stereocenters. The van der Waals surface area contributed by atoms with Crippen LogP contribution in [0.2, 0.25) is 0 Å². The Balaban J connectivity index is 2.89. The fourth-order valence-corrected chi connectivity index (χ4v) is 2.12. The molecular weight excluding hydrogens is 370 g/mol. The lowest BCUT2D eigenvalue weighted by atomic mass is 10.1. The van der Waals surface area contributed by atoms with E-state index in [9.17, 15) is 24.6 Å². The maximum Gasteiger partial charge on any atom is 0.408 e. The molecule has 3 N–H and O–H groups in total. The number of rotatable bonds is 7. The fraction of sp³-hybridized carbons (Fsp3) is 0.526. The third-order valence-electron chi connectivity index (χ3n) is 3.29. The summed E-state index contributed by atoms with van der Waals surface area (Å²) in [5, 5.41) is 21.5. The van der Waals surface area contributed by atoms with E-state index in [2.05, 4.69) is 5.32 Å². The van der Waals surface area contributed by atoms with Gasteiger partial charge in [-0.15, -0.1) is 0 Å². The molecule has 9 heteroatoms. The summed E-state index contributed by atoms with van der Waals surface area (Å²) in [5.74, 6) is -1.94. The van der Waals surface area contributed by atoms with E-state index < -0.39 is 35.8 Å². The SMILES string of the molecule is CC(=O)OC[C@@H](C)OC(=O)[C@H](Cc1ccc(O)c(O)c1)NC(=O)OC(C)(C)C. The zero-order valence-electron chi connectivity index (χ0n) is 16.6. The highest BCUT2D eigenvalue weighted by atomic mass is 16.6. The molecular formula is C19H27NO8. The Hall–Kier alpha value is -2.97. The maximum absolute atomic E-state index is 12.5. The van der Waals surface area contributed by atoms with E-state index >= 15 is 0 Å². The summed E-state index contributed by atoms with van der Waals surface area (Å²) < 4.78 is 15.2. The van der Waals surface area contributed by atoms with Crippen LogP contribution in [-0.4, -0.2) is 52.6 Å². The molecule has 156 valence electrons. The average molecular weight is 397 g/mol. The molecule has 1 aromatic carbocycles. The summed E-state index contributed by atoms with van der Waals surface area (Å²) in [6, 6.07) is 2.91. The van der Waals surface area contributed by atoms with Crippen molar-refractivity contribution in [2.24, 2.45) is 0 Å². The van der Waals surface area contributed by atoms with E-state index in [0.717, 1.165) is 0 Å². The minimum Gasteiger partial charge on any atom is -0.504 e. The zero-order chi connectivity index (χ0) is 21.5. The van der Waals surface area contributed by atoms with Crippen molar-refractivity contribution in [1.29, 1.82) is 0 Å². The van der Waals surface area contributed by atoms with Crippen molar-refractivity contribution in [3.8, 4) is 11.5 Å². The molecule has 0 spiro atoms. The van der Waals surface area contributed by atoms with Crippen molar-refractivity contribution in [1.82, 2.24) is 5.32 Å². The molecule has 0 saturated heterocycles. The van der Waals surface area contributed by atoms with Gasteiger partial charge in [0.25, 0.3) is 0 Å². The van der Waals surface area contributed by atoms with Gasteiger partial charge in [-0.05, 0) is 45.4 Å². The van der Waals surface area contributed by atoms with Crippen LogP contribution in [0.4, 0.5) is 4.79 Å². The molecule has 0 fully saturated rings. The minimum absolute atomic E-state index is 0.0216. The first-order chi connectivity index (χ1) is 12.9. The van der Waals surface area contributed by atoms with E-state index in [1.807, 2.05) is 0 Å². The second-order valence-electron chi connectivity index (χ2n) is 7.28. The van der Waals surface area contributed by atoms with Gasteiger partial charge in [-0.3, -0.25) is 4.79 Å². The molecule has 0 saturated carbocycles. The summed E-state index contributed by atoms with van der Waals surface area (Å²) in [6.07, 6.45) is -1.57. The number of carbonyl (C=O) groups is 3. The molecule has 0 radical (unpaired) electrons. The molecule has 28 heavy (non-hydrogen) atoms. The number of hydrogen-bond donors (Lipinski definition) is 3. The summed E-state index contributed by atoms with van der Waals surface area (Å²) >= 11 is 0. The molecule has 1 rings (SSSR count). The van der Waals surface area contributed by atoms with Gasteiger partial charge in [0.05, 0.1) is 0 Å². The Morgan fingerprint density at radius 3 is 2.32 bits per heavy atom. The molecule has 2 atom stereocenters. The van der Waals surface area contributed by atoms with Crippen molar-refractivity contribution in [2.75, 3.05) is 6.61 Å². The molecule has 0 bridgehead atoms. The Bertz CT molecular complexity index is 710. The number of ether oxygens (including phenoxy) is 3. The minimum atomic E-state index is -1.13. The van der Waals surface area contributed by atoms with Gasteiger partial charge < -0.3 is 29.7 Å². The number of hydrogen-bond acceptors (Lipinski definition) is 8. The summed E-state index contributed by atoms with van der Waals surface area (Å²) in [5.41, 5.74) is -0.293. The average Bonchev–Trinajstić information content (AvgIpc) is 2.54. The van der Waals surface area contributed by atoms with Gasteiger partial charge >= 0.3 is 18.0 Å². The number of phenolic OH excluding ortho intramolecular Hbond substituents is 2. The zero-order valence-corrected chi connectivity index (χ0v) is 16.6. The number of phenols is 2. The molecule has 0 aliphatic heterocycles. The molecule has 1 amide bonds. The Kier molecular flexibility index (Phi) is 8.09. The van der Waals surface area contributed by atoms with Gasteiger partial charge in [-0.1, -0.05) is 6.07 Å². The lowest BCUT2D eigenvalue weighted by molar-refractivity contribution is -0.158. The maximum atomic E-state index is 12.5. The van der Waals surface area contributed by atoms with Crippen LogP contribution in [0.25, 0.3) is 0 Å². The van der Waals surface area contributed by atoms with E-state index in [-0.39, 0.29) is 24.5 Å². The van der Waals surface area contributed by atoms with E-state index in [4.69, 9.17) is 14.2 Å². The summed E-state index contributed by atoms with van der Waals surface area (Å²) in [4.78, 5) is 35.5. The van der Waals surface area contributed by atoms with Crippen LogP contribution in [0.5, 0.6) is 11.5 Å². The standard InChI is InChI=1S/C19H27NO8/c1-11(10-26-12(2)21)27-17(24)14(20-18(25)28-19(3,4)5)8-13-6-7-15(22)16(23)9-13/h6-7,9,11,14,22-23H,8,10H2,1-5H3,(H,20,25)/t11-,14+/m1/s1. The molecule has 1 aromatic rings. The van der Waals surface area contributed by atoms with Gasteiger partial charge in [0, 0.05) is 13.3 Å². The van der Waals surface area contributed by atoms with Crippen LogP contribution in [0.15, 0.2) is 18.2 Å². The topological polar surface area (TPSA) is 131 Å². The second kappa shape index (κ2) is 9.82. The first-order valence-electron chi connectivity index (χ1n) is 8.71. The highest BCUT2D eigenvalue weighted by Crippen LogP contribution is 2.25. The van der Waals surface area contributed by atoms with Crippen LogP contribution in [-0.2, 0) is 30.2 Å². The predicted octanol–water partition coefficient (Wildman–Crippen LogP) is 2.03. The second-order valence-corrected chi connectivity index (χ2v) is 7.28. The predicted molar refractivity (Wildman–Crippen MR) is 98.8 cm³/mol. The lowest BCUT2D eigenvalue weighted by Gasteiger charge is -2.24. The number of carbonyl (C=O) groups excluding carboxylic acids is 3. The Morgan fingerprint density at radius 1 is 1.14 bits per heavy atom. The normalized spacial score (nSPS) is 13.2. The van der Waals surface area contributed by atoms with E-state index in [1.54, 1.807) is 20.8 Å². The van der Waals surface area contributed by atoms with E-state index in [1.165, 1.54) is 32.0 Å². The molecule has 0 aliphatic rings. The smallest absolute Gasteiger partial charge is 0.408 e. The van der Waals surface area contributed by atoms with Gasteiger partial charge in [-0.25, -0.2) is 9.59 Å². The third-order valence-corrected chi connectivity index (χ3v) is 3.29. The summed E-state index contributed by atoms with van der Waals surface area (Å²) in [6.45, 7) is 7.69. The van der Waals surface area contributed by atoms with Gasteiger partial charge in [0.15, 0.2) is 11.5 Å². The van der Waals surface area contributed by atoms with Crippen LogP contribution in [0, 0.1) is 0 Å². The monoisotopic (exact) mass is 397 g/mol. The number of benzene rings is 1. The number of amides is 1. The Morgan fingerprint density at radius 2 is 1.79 bits per heavy atom. The number of alkyl carbamates (subject to hydrolysis) is 1. The highest BCUT2D eigenvalue weighted by molar-refractivity contribution is 5.82. The number of esters is 2. The van der Waals surface area contributed by atoms with Crippen molar-refractivity contribution >= 4 is 18.0 Å². The molecule has 0 aliphatic carbocycles. The quantitative estimate of drug-likeness (QED) is 0.362. The third kappa shape index (κ3) is 8.61. The number of nitrogens with one attached hydrogen (secondary N) is 1. The van der Waals surface area contributed by atoms with Gasteiger partial charge in [0.2, 0.25) is 0 Å². The molecule has 0 aromatic heterocycles. The van der Waals surface area contributed by atoms with Gasteiger partial charge in [-0.2, -0.15) is 0 Å². The van der Waals surface area contributed by atoms with Gasteiger partial charge in [0.1, 0.15) is 24.4 Å². The van der Waals surface area contributed by atoms with Crippen LogP contribution in [0.1, 0.15) is 40.2 Å². The molecule has 9 nitrogen and oxygen atoms in total. The fourth-order valence-electron chi connectivity index (χ4n) is 2.12. The van der Waals surface area contributed by atoms with Crippen LogP contribution < -0.4 is 5.32 Å². The van der Waals surface area contributed by atoms with Crippen molar-refractivity contribution in [2.45, 2.75) is 58.8 Å². The first-order valence-corrected chi connectivity index (χ1v) is 8.71. The van der Waals surface area contributed by atoms with Crippen LogP contribution in [0.3, 0.4) is 0 Å².